The molecule has 5 heteroatoms. The van der Waals surface area contributed by atoms with E-state index in [9.17, 15) is 13.2 Å². The van der Waals surface area contributed by atoms with Gasteiger partial charge in [0.2, 0.25) is 0 Å². The van der Waals surface area contributed by atoms with E-state index in [1.54, 1.807) is 11.1 Å². The largest absolute Gasteiger partial charge is 0.419 e. The van der Waals surface area contributed by atoms with E-state index in [-0.39, 0.29) is 17.8 Å². The minimum absolute atomic E-state index is 0.0523. The lowest BCUT2D eigenvalue weighted by molar-refractivity contribution is -0.0868. The number of halogens is 3. The molecule has 16 heavy (non-hydrogen) atoms. The molecule has 88 valence electrons. The van der Waals surface area contributed by atoms with Crippen LogP contribution in [0, 0.1) is 5.92 Å². The second-order valence-electron chi connectivity index (χ2n) is 4.34. The number of nitrogens with zero attached hydrogens (tertiary/aromatic N) is 2. The molecule has 0 spiro atoms. The summed E-state index contributed by atoms with van der Waals surface area (Å²) in [6.07, 6.45) is -0.174. The van der Waals surface area contributed by atoms with Crippen LogP contribution < -0.4 is 0 Å². The number of allylic oxidation sites excluding steroid dienone is 2. The molecule has 0 amide bonds. The minimum atomic E-state index is -4.33. The van der Waals surface area contributed by atoms with E-state index in [0.29, 0.717) is 6.54 Å². The third kappa shape index (κ3) is 1.86. The molecular formula is C11H13F3N2. The monoisotopic (exact) mass is 230 g/mol. The van der Waals surface area contributed by atoms with Crippen LogP contribution in [0.1, 0.15) is 13.8 Å². The van der Waals surface area contributed by atoms with Gasteiger partial charge in [0.25, 0.3) is 0 Å². The van der Waals surface area contributed by atoms with Crippen LogP contribution in [0.2, 0.25) is 0 Å². The Labute approximate surface area is 92.1 Å². The van der Waals surface area contributed by atoms with Crippen LogP contribution in [0.25, 0.3) is 0 Å². The number of hydrogen-bond donors (Lipinski definition) is 0. The summed E-state index contributed by atoms with van der Waals surface area (Å²) in [6, 6.07) is -0.0523. The Morgan fingerprint density at radius 2 is 2.12 bits per heavy atom. The molecule has 2 heterocycles. The highest BCUT2D eigenvalue weighted by Gasteiger charge is 2.42. The summed E-state index contributed by atoms with van der Waals surface area (Å²) in [7, 11) is 0. The first-order chi connectivity index (χ1) is 7.39. The molecule has 0 aromatic rings. The Morgan fingerprint density at radius 3 is 2.69 bits per heavy atom. The van der Waals surface area contributed by atoms with Gasteiger partial charge in [0.15, 0.2) is 0 Å². The summed E-state index contributed by atoms with van der Waals surface area (Å²) in [5, 5.41) is 0. The average Bonchev–Trinajstić information content (AvgIpc) is 2.58. The molecule has 0 radical (unpaired) electrons. The van der Waals surface area contributed by atoms with E-state index in [1.165, 1.54) is 6.08 Å². The topological polar surface area (TPSA) is 15.6 Å². The molecule has 2 aliphatic heterocycles. The number of fused-ring (bicyclic) bond motifs is 1. The normalized spacial score (nSPS) is 24.6. The molecule has 0 aliphatic carbocycles. The molecule has 0 saturated heterocycles. The number of alkyl halides is 3. The molecule has 0 aromatic heterocycles. The summed E-state index contributed by atoms with van der Waals surface area (Å²) in [6.45, 7) is 4.47. The van der Waals surface area contributed by atoms with E-state index in [2.05, 4.69) is 4.99 Å². The zero-order chi connectivity index (χ0) is 11.9. The van der Waals surface area contributed by atoms with Gasteiger partial charge in [0.05, 0.1) is 11.6 Å². The quantitative estimate of drug-likeness (QED) is 0.676. The van der Waals surface area contributed by atoms with Crippen molar-refractivity contribution in [1.82, 2.24) is 4.90 Å². The maximum atomic E-state index is 12.7. The minimum Gasteiger partial charge on any atom is -0.331 e. The van der Waals surface area contributed by atoms with Crippen molar-refractivity contribution in [3.63, 3.8) is 0 Å². The smallest absolute Gasteiger partial charge is 0.331 e. The van der Waals surface area contributed by atoms with E-state index >= 15 is 0 Å². The molecular weight excluding hydrogens is 217 g/mol. The van der Waals surface area contributed by atoms with Crippen molar-refractivity contribution in [2.75, 3.05) is 6.54 Å². The van der Waals surface area contributed by atoms with Gasteiger partial charge in [0, 0.05) is 12.7 Å². The Kier molecular flexibility index (Phi) is 2.56. The predicted molar refractivity (Wildman–Crippen MR) is 56.0 cm³/mol. The molecule has 0 N–H and O–H groups in total. The lowest BCUT2D eigenvalue weighted by Crippen LogP contribution is -2.32. The number of amidine groups is 1. The summed E-state index contributed by atoms with van der Waals surface area (Å²) < 4.78 is 38.1. The van der Waals surface area contributed by atoms with Gasteiger partial charge < -0.3 is 4.90 Å². The van der Waals surface area contributed by atoms with E-state index in [0.717, 1.165) is 6.08 Å². The average molecular weight is 230 g/mol. The predicted octanol–water partition coefficient (Wildman–Crippen LogP) is 2.74. The fraction of sp³-hybridized carbons (Fsp3) is 0.545. The lowest BCUT2D eigenvalue weighted by Gasteiger charge is -2.22. The Morgan fingerprint density at radius 1 is 1.44 bits per heavy atom. The second-order valence-corrected chi connectivity index (χ2v) is 4.34. The third-order valence-corrected chi connectivity index (χ3v) is 2.79. The number of rotatable bonds is 1. The maximum absolute atomic E-state index is 12.7. The first kappa shape index (κ1) is 11.2. The van der Waals surface area contributed by atoms with Gasteiger partial charge in [-0.05, 0) is 18.1 Å². The first-order valence-electron chi connectivity index (χ1n) is 5.20. The van der Waals surface area contributed by atoms with Gasteiger partial charge in [-0.2, -0.15) is 13.2 Å². The zero-order valence-corrected chi connectivity index (χ0v) is 9.12. The molecule has 0 bridgehead atoms. The van der Waals surface area contributed by atoms with Gasteiger partial charge in [0.1, 0.15) is 5.84 Å². The van der Waals surface area contributed by atoms with Crippen molar-refractivity contribution in [3.8, 4) is 0 Å². The summed E-state index contributed by atoms with van der Waals surface area (Å²) >= 11 is 0. The molecule has 2 aliphatic rings. The molecule has 2 nitrogen and oxygen atoms in total. The SMILES string of the molecule is CC(C)C1CN2C=CC=C(C(F)(F)F)C2=N1. The van der Waals surface area contributed by atoms with Crippen LogP contribution in [-0.4, -0.2) is 29.5 Å². The standard InChI is InChI=1S/C11H13F3N2/c1-7(2)9-6-16-5-3-4-8(10(16)15-9)11(12,13)14/h3-5,7,9H,6H2,1-2H3. The maximum Gasteiger partial charge on any atom is 0.419 e. The Hall–Kier alpha value is -1.26. The van der Waals surface area contributed by atoms with Crippen molar-refractivity contribution in [2.45, 2.75) is 26.1 Å². The summed E-state index contributed by atoms with van der Waals surface area (Å²) in [5.74, 6) is 0.315. The first-order valence-corrected chi connectivity index (χ1v) is 5.20. The summed E-state index contributed by atoms with van der Waals surface area (Å²) in [4.78, 5) is 5.74. The third-order valence-electron chi connectivity index (χ3n) is 2.79. The Balaban J connectivity index is 2.32. The number of hydrogen-bond acceptors (Lipinski definition) is 2. The van der Waals surface area contributed by atoms with E-state index < -0.39 is 11.7 Å². The molecule has 0 saturated carbocycles. The highest BCUT2D eigenvalue weighted by Crippen LogP contribution is 2.33. The van der Waals surface area contributed by atoms with Crippen molar-refractivity contribution < 1.29 is 13.2 Å². The Bertz CT molecular complexity index is 377. The van der Waals surface area contributed by atoms with Crippen LogP contribution in [0.5, 0.6) is 0 Å². The van der Waals surface area contributed by atoms with Crippen molar-refractivity contribution in [2.24, 2.45) is 10.9 Å². The molecule has 1 unspecified atom stereocenters. The van der Waals surface area contributed by atoms with Gasteiger partial charge in [-0.15, -0.1) is 0 Å². The molecule has 2 rings (SSSR count). The van der Waals surface area contributed by atoms with Crippen LogP contribution in [0.3, 0.4) is 0 Å². The zero-order valence-electron chi connectivity index (χ0n) is 9.12. The van der Waals surface area contributed by atoms with Crippen LogP contribution >= 0.6 is 0 Å². The van der Waals surface area contributed by atoms with E-state index in [4.69, 9.17) is 0 Å². The lowest BCUT2D eigenvalue weighted by atomic mass is 10.1. The van der Waals surface area contributed by atoms with Crippen molar-refractivity contribution in [3.05, 3.63) is 23.9 Å². The van der Waals surface area contributed by atoms with Crippen LogP contribution in [-0.2, 0) is 0 Å². The van der Waals surface area contributed by atoms with Crippen LogP contribution in [0.4, 0.5) is 13.2 Å². The molecule has 0 fully saturated rings. The van der Waals surface area contributed by atoms with Crippen LogP contribution in [0.15, 0.2) is 28.9 Å². The molecule has 0 aromatic carbocycles. The summed E-state index contributed by atoms with van der Waals surface area (Å²) in [5.41, 5.74) is -0.641. The van der Waals surface area contributed by atoms with Crippen molar-refractivity contribution in [1.29, 1.82) is 0 Å². The van der Waals surface area contributed by atoms with Crippen molar-refractivity contribution >= 4 is 5.84 Å². The van der Waals surface area contributed by atoms with Gasteiger partial charge >= 0.3 is 6.18 Å². The molecule has 1 atom stereocenters. The second kappa shape index (κ2) is 3.64. The number of aliphatic imine (C=N–C) groups is 1. The van der Waals surface area contributed by atoms with Gasteiger partial charge in [-0.3, -0.25) is 4.99 Å². The van der Waals surface area contributed by atoms with Gasteiger partial charge in [-0.25, -0.2) is 0 Å². The highest BCUT2D eigenvalue weighted by atomic mass is 19.4. The highest BCUT2D eigenvalue weighted by molar-refractivity contribution is 6.02. The van der Waals surface area contributed by atoms with Gasteiger partial charge in [-0.1, -0.05) is 13.8 Å². The fourth-order valence-corrected chi connectivity index (χ4v) is 1.81. The van der Waals surface area contributed by atoms with E-state index in [1.807, 2.05) is 13.8 Å². The fourth-order valence-electron chi connectivity index (χ4n) is 1.81.